The van der Waals surface area contributed by atoms with E-state index in [1.165, 1.54) is 24.0 Å². The Morgan fingerprint density at radius 2 is 1.85 bits per heavy atom. The lowest BCUT2D eigenvalue weighted by molar-refractivity contribution is -0.136. The summed E-state index contributed by atoms with van der Waals surface area (Å²) in [6, 6.07) is 13.5. The number of halogens is 3. The van der Waals surface area contributed by atoms with Crippen LogP contribution in [0.25, 0.3) is 10.9 Å². The first-order chi connectivity index (χ1) is 15.8. The highest BCUT2D eigenvalue weighted by Crippen LogP contribution is 2.36. The predicted molar refractivity (Wildman–Crippen MR) is 128 cm³/mol. The number of pyridine rings is 1. The molecule has 2 aromatic carbocycles. The molecule has 9 heteroatoms. The van der Waals surface area contributed by atoms with Gasteiger partial charge in [0.15, 0.2) is 0 Å². The number of carbonyl (C=O) groups is 1. The smallest absolute Gasteiger partial charge is 0.372 e. The topological polar surface area (TPSA) is 57.6 Å². The van der Waals surface area contributed by atoms with Gasteiger partial charge in [0.25, 0.3) is 0 Å². The van der Waals surface area contributed by atoms with Crippen molar-refractivity contribution in [1.82, 2.24) is 10.4 Å². The van der Waals surface area contributed by atoms with Gasteiger partial charge < -0.3 is 4.90 Å². The third kappa shape index (κ3) is 6.47. The zero-order chi connectivity index (χ0) is 23.8. The number of carbonyl (C=O) groups excluding carboxylic acids is 1. The maximum absolute atomic E-state index is 13.2. The van der Waals surface area contributed by atoms with E-state index < -0.39 is 11.7 Å². The maximum Gasteiger partial charge on any atom is 0.418 e. The van der Waals surface area contributed by atoms with Crippen molar-refractivity contribution in [3.8, 4) is 0 Å². The lowest BCUT2D eigenvalue weighted by atomic mass is 10.1. The first-order valence-electron chi connectivity index (χ1n) is 10.6. The zero-order valence-corrected chi connectivity index (χ0v) is 19.2. The molecule has 1 aromatic heterocycles. The molecule has 0 aliphatic rings. The lowest BCUT2D eigenvalue weighted by Gasteiger charge is -2.20. The second-order valence-electron chi connectivity index (χ2n) is 7.16. The third-order valence-corrected chi connectivity index (χ3v) is 6.12. The van der Waals surface area contributed by atoms with E-state index in [-0.39, 0.29) is 17.8 Å². The summed E-state index contributed by atoms with van der Waals surface area (Å²) in [5.41, 5.74) is 3.63. The van der Waals surface area contributed by atoms with Gasteiger partial charge in [0.05, 0.1) is 17.3 Å². The first-order valence-corrected chi connectivity index (χ1v) is 11.6. The molecule has 0 aliphatic carbocycles. The normalized spacial score (nSPS) is 11.8. The van der Waals surface area contributed by atoms with Crippen LogP contribution in [0.3, 0.4) is 0 Å². The molecule has 3 aromatic rings. The summed E-state index contributed by atoms with van der Waals surface area (Å²) < 4.78 is 39.7. The minimum atomic E-state index is -4.47. The van der Waals surface area contributed by atoms with Crippen molar-refractivity contribution in [2.75, 3.05) is 23.7 Å². The van der Waals surface area contributed by atoms with Gasteiger partial charge in [0.2, 0.25) is 5.91 Å². The SMILES string of the molecule is CCN(CC)c1ccc(/C=N/NC(=O)CCSc2ccnc3c(C(F)(F)F)cccc23)cc1. The van der Waals surface area contributed by atoms with Crippen molar-refractivity contribution in [1.29, 1.82) is 0 Å². The average Bonchev–Trinajstić information content (AvgIpc) is 2.80. The first kappa shape index (κ1) is 24.6. The van der Waals surface area contributed by atoms with Crippen LogP contribution in [0.1, 0.15) is 31.4 Å². The number of rotatable bonds is 9. The number of amides is 1. The van der Waals surface area contributed by atoms with Crippen LogP contribution >= 0.6 is 11.8 Å². The van der Waals surface area contributed by atoms with Crippen molar-refractivity contribution in [2.45, 2.75) is 31.3 Å². The van der Waals surface area contributed by atoms with Gasteiger partial charge in [-0.1, -0.05) is 24.3 Å². The number of aromatic nitrogens is 1. The van der Waals surface area contributed by atoms with E-state index in [4.69, 9.17) is 0 Å². The molecule has 0 unspecified atom stereocenters. The average molecular weight is 475 g/mol. The molecule has 0 saturated carbocycles. The second-order valence-corrected chi connectivity index (χ2v) is 8.30. The summed E-state index contributed by atoms with van der Waals surface area (Å²) in [7, 11) is 0. The number of para-hydroxylation sites is 1. The van der Waals surface area contributed by atoms with E-state index in [0.717, 1.165) is 30.4 Å². The molecular weight excluding hydrogens is 449 g/mol. The predicted octanol–water partition coefficient (Wildman–Crippen LogP) is 5.73. The molecule has 1 N–H and O–H groups in total. The van der Waals surface area contributed by atoms with Crippen LogP contribution in [0.4, 0.5) is 18.9 Å². The van der Waals surface area contributed by atoms with Crippen molar-refractivity contribution in [3.05, 3.63) is 65.9 Å². The van der Waals surface area contributed by atoms with Crippen LogP contribution in [0.15, 0.2) is 64.7 Å². The Labute approximate surface area is 195 Å². The van der Waals surface area contributed by atoms with Gasteiger partial charge in [-0.05, 0) is 43.7 Å². The fourth-order valence-electron chi connectivity index (χ4n) is 3.35. The Morgan fingerprint density at radius 1 is 1.12 bits per heavy atom. The molecule has 0 bridgehead atoms. The van der Waals surface area contributed by atoms with Crippen LogP contribution < -0.4 is 10.3 Å². The Balaban J connectivity index is 1.53. The van der Waals surface area contributed by atoms with Crippen LogP contribution in [0.5, 0.6) is 0 Å². The van der Waals surface area contributed by atoms with Gasteiger partial charge in [-0.15, -0.1) is 11.8 Å². The standard InChI is InChI=1S/C24H25F3N4OS/c1-3-31(4-2)18-10-8-17(9-11-18)16-29-30-22(32)13-15-33-21-12-14-28-23-19(21)6-5-7-20(23)24(25,26)27/h5-12,14,16H,3-4,13,15H2,1-2H3,(H,30,32)/b29-16+. The van der Waals surface area contributed by atoms with Gasteiger partial charge in [-0.3, -0.25) is 9.78 Å². The van der Waals surface area contributed by atoms with E-state index in [1.807, 2.05) is 24.3 Å². The Morgan fingerprint density at radius 3 is 2.52 bits per heavy atom. The van der Waals surface area contributed by atoms with Crippen molar-refractivity contribution >= 4 is 40.5 Å². The highest BCUT2D eigenvalue weighted by atomic mass is 32.2. The molecular formula is C24H25F3N4OS. The molecule has 0 radical (unpaired) electrons. The summed E-state index contributed by atoms with van der Waals surface area (Å²) in [4.78, 5) is 18.9. The van der Waals surface area contributed by atoms with Crippen LogP contribution in [-0.2, 0) is 11.0 Å². The zero-order valence-electron chi connectivity index (χ0n) is 18.4. The number of hydrogen-bond donors (Lipinski definition) is 1. The number of nitrogens with zero attached hydrogens (tertiary/aromatic N) is 3. The van der Waals surface area contributed by atoms with Gasteiger partial charge in [-0.25, -0.2) is 5.43 Å². The number of benzene rings is 2. The van der Waals surface area contributed by atoms with Gasteiger partial charge in [0, 0.05) is 47.4 Å². The minimum absolute atomic E-state index is 0.0870. The number of hydrogen-bond acceptors (Lipinski definition) is 5. The molecule has 5 nitrogen and oxygen atoms in total. The molecule has 0 aliphatic heterocycles. The minimum Gasteiger partial charge on any atom is -0.372 e. The third-order valence-electron chi connectivity index (χ3n) is 5.05. The fraction of sp³-hybridized carbons (Fsp3) is 0.292. The molecule has 33 heavy (non-hydrogen) atoms. The monoisotopic (exact) mass is 474 g/mol. The molecule has 174 valence electrons. The summed E-state index contributed by atoms with van der Waals surface area (Å²) >= 11 is 1.31. The molecule has 1 amide bonds. The second kappa shape index (κ2) is 11.2. The molecule has 0 fully saturated rings. The van der Waals surface area contributed by atoms with Crippen molar-refractivity contribution in [2.24, 2.45) is 5.10 Å². The van der Waals surface area contributed by atoms with Gasteiger partial charge in [-0.2, -0.15) is 18.3 Å². The highest BCUT2D eigenvalue weighted by molar-refractivity contribution is 7.99. The number of fused-ring (bicyclic) bond motifs is 1. The van der Waals surface area contributed by atoms with Gasteiger partial charge in [0.1, 0.15) is 0 Å². The largest absolute Gasteiger partial charge is 0.418 e. The highest BCUT2D eigenvalue weighted by Gasteiger charge is 2.33. The molecule has 0 atom stereocenters. The van der Waals surface area contributed by atoms with E-state index >= 15 is 0 Å². The molecule has 0 saturated heterocycles. The quantitative estimate of drug-likeness (QED) is 0.244. The Kier molecular flexibility index (Phi) is 8.32. The van der Waals surface area contributed by atoms with Crippen LogP contribution in [-0.4, -0.2) is 35.9 Å². The number of thioether (sulfide) groups is 1. The number of anilines is 1. The van der Waals surface area contributed by atoms with Gasteiger partial charge >= 0.3 is 6.18 Å². The Hall–Kier alpha value is -3.07. The summed E-state index contributed by atoms with van der Waals surface area (Å²) in [6.45, 7) is 6.06. The fourth-order valence-corrected chi connectivity index (χ4v) is 4.34. The van der Waals surface area contributed by atoms with Crippen LogP contribution in [0, 0.1) is 0 Å². The Bertz CT molecular complexity index is 1110. The number of hydrazone groups is 1. The summed E-state index contributed by atoms with van der Waals surface area (Å²) in [5, 5.41) is 4.41. The maximum atomic E-state index is 13.2. The molecule has 0 spiro atoms. The summed E-state index contributed by atoms with van der Waals surface area (Å²) in [6.07, 6.45) is -1.37. The van der Waals surface area contributed by atoms with Crippen LogP contribution in [0.2, 0.25) is 0 Å². The summed E-state index contributed by atoms with van der Waals surface area (Å²) in [5.74, 6) is 0.128. The van der Waals surface area contributed by atoms with E-state index in [1.54, 1.807) is 18.3 Å². The number of nitrogens with one attached hydrogen (secondary N) is 1. The van der Waals surface area contributed by atoms with Crippen molar-refractivity contribution in [3.63, 3.8) is 0 Å². The van der Waals surface area contributed by atoms with E-state index in [0.29, 0.717) is 16.0 Å². The molecule has 3 rings (SSSR count). The van der Waals surface area contributed by atoms with E-state index in [2.05, 4.69) is 34.3 Å². The van der Waals surface area contributed by atoms with E-state index in [9.17, 15) is 18.0 Å². The van der Waals surface area contributed by atoms with Crippen molar-refractivity contribution < 1.29 is 18.0 Å². The lowest BCUT2D eigenvalue weighted by Crippen LogP contribution is -2.21. The number of alkyl halides is 3. The molecule has 1 heterocycles.